The van der Waals surface area contributed by atoms with Crippen molar-refractivity contribution in [3.63, 3.8) is 0 Å². The topological polar surface area (TPSA) is 106 Å². The molecule has 0 radical (unpaired) electrons. The van der Waals surface area contributed by atoms with E-state index in [-0.39, 0.29) is 34.1 Å². The maximum Gasteiger partial charge on any atom is 0.340 e. The smallest absolute Gasteiger partial charge is 0.340 e. The van der Waals surface area contributed by atoms with Gasteiger partial charge in [-0.1, -0.05) is 11.6 Å². The minimum atomic E-state index is -0.635. The molecule has 2 rings (SSSR count). The first-order valence-electron chi connectivity index (χ1n) is 6.92. The minimum Gasteiger partial charge on any atom is -0.462 e. The number of esters is 1. The van der Waals surface area contributed by atoms with Crippen LogP contribution in [0.15, 0.2) is 24.3 Å². The first-order chi connectivity index (χ1) is 11.4. The van der Waals surface area contributed by atoms with Crippen LogP contribution in [0.1, 0.15) is 28.5 Å². The van der Waals surface area contributed by atoms with Gasteiger partial charge in [0.2, 0.25) is 0 Å². The lowest BCUT2D eigenvalue weighted by Gasteiger charge is -2.14. The lowest BCUT2D eigenvalue weighted by Crippen LogP contribution is -2.12. The number of benzene rings is 1. The number of nitro benzene ring substituents is 1. The van der Waals surface area contributed by atoms with Gasteiger partial charge < -0.3 is 4.74 Å². The van der Waals surface area contributed by atoms with Gasteiger partial charge in [0.1, 0.15) is 11.2 Å². The Balaban J connectivity index is 2.76. The molecule has 0 saturated heterocycles. The summed E-state index contributed by atoms with van der Waals surface area (Å²) in [4.78, 5) is 26.6. The van der Waals surface area contributed by atoms with E-state index >= 15 is 0 Å². The van der Waals surface area contributed by atoms with Crippen molar-refractivity contribution in [3.8, 4) is 17.2 Å². The zero-order chi connectivity index (χ0) is 17.9. The van der Waals surface area contributed by atoms with Crippen molar-refractivity contribution >= 4 is 23.3 Å². The number of hydrogen-bond donors (Lipinski definition) is 0. The molecule has 0 atom stereocenters. The Morgan fingerprint density at radius 2 is 2.04 bits per heavy atom. The van der Waals surface area contributed by atoms with E-state index in [0.29, 0.717) is 11.3 Å². The molecule has 0 aliphatic rings. The molecule has 7 nitrogen and oxygen atoms in total. The van der Waals surface area contributed by atoms with E-state index in [1.807, 2.05) is 6.07 Å². The Morgan fingerprint density at radius 1 is 1.42 bits per heavy atom. The van der Waals surface area contributed by atoms with Gasteiger partial charge in [-0.3, -0.25) is 10.1 Å². The molecule has 24 heavy (non-hydrogen) atoms. The molecule has 0 spiro atoms. The summed E-state index contributed by atoms with van der Waals surface area (Å²) in [6, 6.07) is 7.40. The summed E-state index contributed by atoms with van der Waals surface area (Å²) >= 11 is 6.03. The maximum atomic E-state index is 12.3. The number of carbonyl (C=O) groups excluding carboxylic acids is 1. The average Bonchev–Trinajstić information content (AvgIpc) is 2.54. The normalized spacial score (nSPS) is 10.1. The monoisotopic (exact) mass is 345 g/mol. The maximum absolute atomic E-state index is 12.3. The Bertz CT molecular complexity index is 857. The molecule has 0 bridgehead atoms. The summed E-state index contributed by atoms with van der Waals surface area (Å²) < 4.78 is 5.03. The summed E-state index contributed by atoms with van der Waals surface area (Å²) in [6.45, 7) is 3.39. The van der Waals surface area contributed by atoms with Crippen molar-refractivity contribution in [2.45, 2.75) is 13.8 Å². The molecule has 0 aliphatic carbocycles. The van der Waals surface area contributed by atoms with Gasteiger partial charge in [0, 0.05) is 17.7 Å². The largest absolute Gasteiger partial charge is 0.462 e. The Labute approximate surface area is 142 Å². The number of non-ortho nitro benzene ring substituents is 1. The molecule has 0 N–H and O–H groups in total. The highest BCUT2D eigenvalue weighted by atomic mass is 35.5. The van der Waals surface area contributed by atoms with Crippen molar-refractivity contribution in [1.29, 1.82) is 5.26 Å². The summed E-state index contributed by atoms with van der Waals surface area (Å²) in [6.07, 6.45) is 0. The van der Waals surface area contributed by atoms with Crippen molar-refractivity contribution in [3.05, 3.63) is 56.4 Å². The van der Waals surface area contributed by atoms with Gasteiger partial charge in [-0.15, -0.1) is 0 Å². The standard InChI is InChI=1S/C16H12ClN3O4/c1-3-24-16(21)13-9(2)19-15(17)12(8-18)14(13)10-4-6-11(7-5-10)20(22)23/h4-7H,3H2,1-2H3. The van der Waals surface area contributed by atoms with Crippen molar-refractivity contribution in [2.75, 3.05) is 6.61 Å². The highest BCUT2D eigenvalue weighted by Crippen LogP contribution is 2.34. The summed E-state index contributed by atoms with van der Waals surface area (Å²) in [5, 5.41) is 20.1. The Kier molecular flexibility index (Phi) is 5.11. The van der Waals surface area contributed by atoms with E-state index in [1.54, 1.807) is 13.8 Å². The Morgan fingerprint density at radius 3 is 2.54 bits per heavy atom. The van der Waals surface area contributed by atoms with Crippen LogP contribution in [-0.4, -0.2) is 22.5 Å². The molecule has 0 fully saturated rings. The second kappa shape index (κ2) is 7.06. The molecule has 1 aromatic carbocycles. The fraction of sp³-hybridized carbons (Fsp3) is 0.188. The van der Waals surface area contributed by atoms with Crippen LogP contribution < -0.4 is 0 Å². The summed E-state index contributed by atoms with van der Waals surface area (Å²) in [5.41, 5.74) is 1.03. The number of nitro groups is 1. The van der Waals surface area contributed by atoms with E-state index in [4.69, 9.17) is 16.3 Å². The second-order valence-electron chi connectivity index (χ2n) is 4.75. The molecule has 2 aromatic rings. The number of halogens is 1. The van der Waals surface area contributed by atoms with Crippen molar-refractivity contribution < 1.29 is 14.5 Å². The van der Waals surface area contributed by atoms with Crippen molar-refractivity contribution in [1.82, 2.24) is 4.98 Å². The van der Waals surface area contributed by atoms with Crippen LogP contribution in [-0.2, 0) is 4.74 Å². The first kappa shape index (κ1) is 17.4. The van der Waals surface area contributed by atoms with Crippen LogP contribution in [0.25, 0.3) is 11.1 Å². The summed E-state index contributed by atoms with van der Waals surface area (Å²) in [7, 11) is 0. The highest BCUT2D eigenvalue weighted by molar-refractivity contribution is 6.31. The first-order valence-corrected chi connectivity index (χ1v) is 7.30. The molecular formula is C16H12ClN3O4. The Hall–Kier alpha value is -2.98. The third-order valence-corrected chi connectivity index (χ3v) is 3.57. The number of nitriles is 1. The van der Waals surface area contributed by atoms with Gasteiger partial charge in [-0.05, 0) is 31.5 Å². The average molecular weight is 346 g/mol. The van der Waals surface area contributed by atoms with E-state index in [1.165, 1.54) is 24.3 Å². The molecule has 122 valence electrons. The lowest BCUT2D eigenvalue weighted by atomic mass is 9.95. The molecule has 1 aromatic heterocycles. The number of aromatic nitrogens is 1. The fourth-order valence-corrected chi connectivity index (χ4v) is 2.53. The van der Waals surface area contributed by atoms with E-state index < -0.39 is 10.9 Å². The van der Waals surface area contributed by atoms with E-state index in [2.05, 4.69) is 4.98 Å². The van der Waals surface area contributed by atoms with Gasteiger partial charge in [0.25, 0.3) is 5.69 Å². The zero-order valence-corrected chi connectivity index (χ0v) is 13.6. The second-order valence-corrected chi connectivity index (χ2v) is 5.11. The van der Waals surface area contributed by atoms with E-state index in [9.17, 15) is 20.2 Å². The number of aryl methyl sites for hydroxylation is 1. The molecular weight excluding hydrogens is 334 g/mol. The van der Waals surface area contributed by atoms with E-state index in [0.717, 1.165) is 0 Å². The number of ether oxygens (including phenoxy) is 1. The molecule has 8 heteroatoms. The van der Waals surface area contributed by atoms with Gasteiger partial charge in [-0.25, -0.2) is 9.78 Å². The van der Waals surface area contributed by atoms with Crippen molar-refractivity contribution in [2.24, 2.45) is 0 Å². The zero-order valence-electron chi connectivity index (χ0n) is 12.9. The molecule has 1 heterocycles. The van der Waals surface area contributed by atoms with Crippen LogP contribution in [0, 0.1) is 28.4 Å². The predicted octanol–water partition coefficient (Wildman–Crippen LogP) is 3.67. The van der Waals surface area contributed by atoms with Gasteiger partial charge in [0.05, 0.1) is 28.4 Å². The quantitative estimate of drug-likeness (QED) is 0.362. The number of hydrogen-bond acceptors (Lipinski definition) is 6. The lowest BCUT2D eigenvalue weighted by molar-refractivity contribution is -0.384. The number of nitrogens with zero attached hydrogens (tertiary/aromatic N) is 3. The molecule has 0 aliphatic heterocycles. The van der Waals surface area contributed by atoms with Gasteiger partial charge in [0.15, 0.2) is 0 Å². The number of rotatable bonds is 4. The predicted molar refractivity (Wildman–Crippen MR) is 86.7 cm³/mol. The molecule has 0 saturated carbocycles. The number of carbonyl (C=O) groups is 1. The third kappa shape index (κ3) is 3.19. The van der Waals surface area contributed by atoms with Crippen LogP contribution in [0.3, 0.4) is 0 Å². The molecule has 0 amide bonds. The molecule has 0 unspecified atom stereocenters. The third-order valence-electron chi connectivity index (χ3n) is 3.29. The summed E-state index contributed by atoms with van der Waals surface area (Å²) in [5.74, 6) is -0.635. The highest BCUT2D eigenvalue weighted by Gasteiger charge is 2.24. The minimum absolute atomic E-state index is 0.0131. The van der Waals surface area contributed by atoms with Crippen LogP contribution in [0.4, 0.5) is 5.69 Å². The fourth-order valence-electron chi connectivity index (χ4n) is 2.26. The van der Waals surface area contributed by atoms with Crippen LogP contribution in [0.2, 0.25) is 5.15 Å². The van der Waals surface area contributed by atoms with Crippen LogP contribution in [0.5, 0.6) is 0 Å². The SMILES string of the molecule is CCOC(=O)c1c(C)nc(Cl)c(C#N)c1-c1ccc([N+](=O)[O-])cc1. The van der Waals surface area contributed by atoms with Crippen LogP contribution >= 0.6 is 11.6 Å². The van der Waals surface area contributed by atoms with Gasteiger partial charge in [-0.2, -0.15) is 5.26 Å². The number of pyridine rings is 1. The van der Waals surface area contributed by atoms with Gasteiger partial charge >= 0.3 is 5.97 Å².